The molecule has 0 amide bonds. The lowest BCUT2D eigenvalue weighted by Crippen LogP contribution is -2.38. The molecule has 1 saturated heterocycles. The number of hydrogen-bond donors (Lipinski definition) is 0. The topological polar surface area (TPSA) is 64.2 Å². The molecule has 1 aliphatic carbocycles. The van der Waals surface area contributed by atoms with Crippen LogP contribution in [0.1, 0.15) is 62.8 Å². The van der Waals surface area contributed by atoms with Crippen molar-refractivity contribution >= 4 is 10.9 Å². The molecule has 0 unspecified atom stereocenters. The Bertz CT molecular complexity index is 804. The average molecular weight is 344 g/mol. The van der Waals surface area contributed by atoms with Crippen LogP contribution in [-0.2, 0) is 6.67 Å². The van der Waals surface area contributed by atoms with Crippen LogP contribution in [0, 0.1) is 19.8 Å². The molecule has 4 rings (SSSR count). The molecule has 1 saturated carbocycles. The predicted molar refractivity (Wildman–Crippen MR) is 96.5 cm³/mol. The van der Waals surface area contributed by atoms with E-state index in [0.717, 1.165) is 23.5 Å². The maximum atomic E-state index is 12.7. The quantitative estimate of drug-likeness (QED) is 0.850. The second kappa shape index (κ2) is 6.90. The number of nitrogens with zero attached hydrogens (tertiary/aromatic N) is 4. The smallest absolute Gasteiger partial charge is 0.298 e. The van der Waals surface area contributed by atoms with Gasteiger partial charge in [0, 0.05) is 12.6 Å². The summed E-state index contributed by atoms with van der Waals surface area (Å²) in [6.07, 6.45) is 10.7. The number of likely N-dealkylation sites (tertiary alicyclic amines) is 1. The Hall–Kier alpha value is -1.69. The van der Waals surface area contributed by atoms with Crippen LogP contribution < -0.4 is 5.56 Å². The highest BCUT2D eigenvalue weighted by Gasteiger charge is 2.29. The molecule has 0 N–H and O–H groups in total. The van der Waals surface area contributed by atoms with E-state index in [-0.39, 0.29) is 5.56 Å². The van der Waals surface area contributed by atoms with Gasteiger partial charge < -0.3 is 4.52 Å². The van der Waals surface area contributed by atoms with Gasteiger partial charge in [-0.15, -0.1) is 0 Å². The minimum Gasteiger partial charge on any atom is -0.360 e. The Labute approximate surface area is 148 Å². The van der Waals surface area contributed by atoms with Gasteiger partial charge in [0.15, 0.2) is 5.52 Å². The van der Waals surface area contributed by atoms with E-state index in [2.05, 4.69) is 15.2 Å². The normalized spacial score (nSPS) is 22.9. The Morgan fingerprint density at radius 2 is 1.92 bits per heavy atom. The molecule has 2 aromatic heterocycles. The Morgan fingerprint density at radius 1 is 1.12 bits per heavy atom. The van der Waals surface area contributed by atoms with E-state index in [1.807, 2.05) is 13.8 Å². The SMILES string of the molecule is Cc1nn(CN2CCC[C@@H]2CC2CCCCC2)c(=O)c2noc(C)c12. The lowest BCUT2D eigenvalue weighted by atomic mass is 9.84. The van der Waals surface area contributed by atoms with Gasteiger partial charge in [0.1, 0.15) is 5.76 Å². The molecule has 0 bridgehead atoms. The second-order valence-corrected chi connectivity index (χ2v) is 7.84. The summed E-state index contributed by atoms with van der Waals surface area (Å²) in [5.74, 6) is 1.53. The Kier molecular flexibility index (Phi) is 4.63. The van der Waals surface area contributed by atoms with Crippen molar-refractivity contribution in [3.8, 4) is 0 Å². The van der Waals surface area contributed by atoms with Crippen LogP contribution in [0.2, 0.25) is 0 Å². The Balaban J connectivity index is 1.53. The van der Waals surface area contributed by atoms with Crippen LogP contribution in [0.25, 0.3) is 10.9 Å². The van der Waals surface area contributed by atoms with E-state index in [1.54, 1.807) is 4.68 Å². The van der Waals surface area contributed by atoms with E-state index in [4.69, 9.17) is 4.52 Å². The van der Waals surface area contributed by atoms with Crippen molar-refractivity contribution in [2.45, 2.75) is 77.9 Å². The highest BCUT2D eigenvalue weighted by Crippen LogP contribution is 2.32. The first-order valence-corrected chi connectivity index (χ1v) is 9.71. The van der Waals surface area contributed by atoms with Crippen molar-refractivity contribution in [3.63, 3.8) is 0 Å². The lowest BCUT2D eigenvalue weighted by Gasteiger charge is -2.30. The highest BCUT2D eigenvalue weighted by molar-refractivity contribution is 5.81. The second-order valence-electron chi connectivity index (χ2n) is 7.84. The maximum absolute atomic E-state index is 12.7. The molecule has 2 aliphatic rings. The van der Waals surface area contributed by atoms with Crippen molar-refractivity contribution < 1.29 is 4.52 Å². The molecule has 6 heteroatoms. The van der Waals surface area contributed by atoms with Crippen LogP contribution in [0.5, 0.6) is 0 Å². The van der Waals surface area contributed by atoms with Gasteiger partial charge in [-0.1, -0.05) is 37.3 Å². The van der Waals surface area contributed by atoms with E-state index < -0.39 is 0 Å². The fraction of sp³-hybridized carbons (Fsp3) is 0.737. The zero-order chi connectivity index (χ0) is 17.4. The standard InChI is InChI=1S/C19H28N4O2/c1-13-17-14(2)25-21-18(17)19(24)23(20-13)12-22-10-6-9-16(22)11-15-7-4-3-5-8-15/h15-16H,3-12H2,1-2H3/t16-/m1/s1. The van der Waals surface area contributed by atoms with Crippen LogP contribution in [0.3, 0.4) is 0 Å². The molecule has 0 aromatic carbocycles. The summed E-state index contributed by atoms with van der Waals surface area (Å²) in [5.41, 5.74) is 1.09. The summed E-state index contributed by atoms with van der Waals surface area (Å²) >= 11 is 0. The van der Waals surface area contributed by atoms with Gasteiger partial charge in [-0.05, 0) is 39.0 Å². The molecule has 1 aliphatic heterocycles. The first-order valence-electron chi connectivity index (χ1n) is 9.71. The number of aryl methyl sites for hydroxylation is 2. The van der Waals surface area contributed by atoms with Crippen molar-refractivity contribution in [2.24, 2.45) is 5.92 Å². The van der Waals surface area contributed by atoms with Gasteiger partial charge in [0.05, 0.1) is 17.7 Å². The zero-order valence-electron chi connectivity index (χ0n) is 15.3. The number of fused-ring (bicyclic) bond motifs is 1. The van der Waals surface area contributed by atoms with Gasteiger partial charge in [0.2, 0.25) is 0 Å². The summed E-state index contributed by atoms with van der Waals surface area (Å²) < 4.78 is 6.79. The fourth-order valence-corrected chi connectivity index (χ4v) is 4.77. The molecule has 136 valence electrons. The fourth-order valence-electron chi connectivity index (χ4n) is 4.77. The minimum absolute atomic E-state index is 0.138. The molecule has 2 fully saturated rings. The van der Waals surface area contributed by atoms with Gasteiger partial charge in [-0.3, -0.25) is 9.69 Å². The van der Waals surface area contributed by atoms with Gasteiger partial charge in [-0.25, -0.2) is 4.68 Å². The van der Waals surface area contributed by atoms with Crippen LogP contribution in [0.4, 0.5) is 0 Å². The predicted octanol–water partition coefficient (Wildman–Crippen LogP) is 3.39. The molecule has 1 atom stereocenters. The monoisotopic (exact) mass is 344 g/mol. The van der Waals surface area contributed by atoms with Crippen LogP contribution >= 0.6 is 0 Å². The van der Waals surface area contributed by atoms with Crippen molar-refractivity contribution in [3.05, 3.63) is 21.8 Å². The van der Waals surface area contributed by atoms with Crippen LogP contribution in [-0.4, -0.2) is 32.4 Å². The summed E-state index contributed by atoms with van der Waals surface area (Å²) in [6.45, 7) is 5.37. The Morgan fingerprint density at radius 3 is 2.72 bits per heavy atom. The third-order valence-electron chi connectivity index (χ3n) is 6.08. The van der Waals surface area contributed by atoms with Crippen molar-refractivity contribution in [1.29, 1.82) is 0 Å². The molecular formula is C19H28N4O2. The average Bonchev–Trinajstić information content (AvgIpc) is 3.20. The van der Waals surface area contributed by atoms with Gasteiger partial charge in [0.25, 0.3) is 5.56 Å². The lowest BCUT2D eigenvalue weighted by molar-refractivity contribution is 0.153. The van der Waals surface area contributed by atoms with E-state index in [1.165, 1.54) is 51.4 Å². The van der Waals surface area contributed by atoms with Crippen LogP contribution in [0.15, 0.2) is 9.32 Å². The summed E-state index contributed by atoms with van der Waals surface area (Å²) in [7, 11) is 0. The molecule has 3 heterocycles. The zero-order valence-corrected chi connectivity index (χ0v) is 15.3. The molecule has 0 spiro atoms. The highest BCUT2D eigenvalue weighted by atomic mass is 16.5. The van der Waals surface area contributed by atoms with E-state index >= 15 is 0 Å². The summed E-state index contributed by atoms with van der Waals surface area (Å²) in [6, 6.07) is 0.590. The van der Waals surface area contributed by atoms with E-state index in [9.17, 15) is 4.79 Å². The van der Waals surface area contributed by atoms with Crippen molar-refractivity contribution in [2.75, 3.05) is 6.54 Å². The number of aromatic nitrogens is 3. The van der Waals surface area contributed by atoms with E-state index in [0.29, 0.717) is 24.0 Å². The summed E-state index contributed by atoms with van der Waals surface area (Å²) in [4.78, 5) is 15.2. The molecule has 0 radical (unpaired) electrons. The third-order valence-corrected chi connectivity index (χ3v) is 6.08. The maximum Gasteiger partial charge on any atom is 0.298 e. The minimum atomic E-state index is -0.138. The molecule has 6 nitrogen and oxygen atoms in total. The van der Waals surface area contributed by atoms with Crippen molar-refractivity contribution in [1.82, 2.24) is 19.8 Å². The van der Waals surface area contributed by atoms with Gasteiger partial charge in [-0.2, -0.15) is 5.10 Å². The summed E-state index contributed by atoms with van der Waals surface area (Å²) in [5, 5.41) is 9.27. The number of hydrogen-bond acceptors (Lipinski definition) is 5. The first kappa shape index (κ1) is 16.8. The third kappa shape index (κ3) is 3.24. The number of rotatable bonds is 4. The molecule has 2 aromatic rings. The first-order chi connectivity index (χ1) is 12.1. The molecular weight excluding hydrogens is 316 g/mol. The largest absolute Gasteiger partial charge is 0.360 e. The molecule has 25 heavy (non-hydrogen) atoms. The van der Waals surface area contributed by atoms with Gasteiger partial charge >= 0.3 is 0 Å².